The molecule has 3 N–H and O–H groups in total. The van der Waals surface area contributed by atoms with Gasteiger partial charge >= 0.3 is 0 Å². The maximum absolute atomic E-state index is 5.88. The molecule has 2 heterocycles. The highest BCUT2D eigenvalue weighted by Crippen LogP contribution is 2.25. The van der Waals surface area contributed by atoms with Crippen LogP contribution in [-0.2, 0) is 6.54 Å². The first-order valence-electron chi connectivity index (χ1n) is 6.80. The molecule has 112 valence electrons. The van der Waals surface area contributed by atoms with Gasteiger partial charge in [-0.15, -0.1) is 0 Å². The number of nitrogen functional groups attached to an aromatic ring is 1. The summed E-state index contributed by atoms with van der Waals surface area (Å²) in [5, 5.41) is 3.18. The first-order chi connectivity index (χ1) is 9.83. The number of nitrogens with zero attached hydrogens (tertiary/aromatic N) is 3. The van der Waals surface area contributed by atoms with Crippen LogP contribution >= 0.6 is 0 Å². The summed E-state index contributed by atoms with van der Waals surface area (Å²) in [6, 6.07) is 3.59. The minimum atomic E-state index is -0.345. The van der Waals surface area contributed by atoms with Gasteiger partial charge in [-0.1, -0.05) is 0 Å². The normalized spacial score (nSPS) is 11.2. The molecule has 0 radical (unpaired) electrons. The molecule has 0 aliphatic heterocycles. The quantitative estimate of drug-likeness (QED) is 0.898. The number of anilines is 2. The van der Waals surface area contributed by atoms with Gasteiger partial charge in [0, 0.05) is 6.20 Å². The van der Waals surface area contributed by atoms with E-state index in [4.69, 9.17) is 10.5 Å². The third-order valence-corrected chi connectivity index (χ3v) is 2.58. The molecule has 0 spiro atoms. The predicted octanol–water partition coefficient (Wildman–Crippen LogP) is 2.55. The molecule has 6 nitrogen and oxygen atoms in total. The minimum absolute atomic E-state index is 0.345. The van der Waals surface area contributed by atoms with E-state index in [1.807, 2.05) is 33.8 Å². The largest absolute Gasteiger partial charge is 0.470 e. The van der Waals surface area contributed by atoms with Gasteiger partial charge in [-0.25, -0.2) is 0 Å². The second kappa shape index (κ2) is 5.95. The topological polar surface area (TPSA) is 86.0 Å². The van der Waals surface area contributed by atoms with Crippen LogP contribution in [0.25, 0.3) is 0 Å². The van der Waals surface area contributed by atoms with E-state index in [0.717, 1.165) is 11.4 Å². The van der Waals surface area contributed by atoms with E-state index in [-0.39, 0.29) is 5.60 Å². The van der Waals surface area contributed by atoms with Crippen LogP contribution in [0.1, 0.15) is 32.2 Å². The molecular weight excluding hydrogens is 266 g/mol. The molecule has 0 amide bonds. The van der Waals surface area contributed by atoms with Crippen LogP contribution in [0.5, 0.6) is 5.88 Å². The van der Waals surface area contributed by atoms with E-state index in [9.17, 15) is 0 Å². The number of aromatic nitrogens is 3. The van der Waals surface area contributed by atoms with Crippen LogP contribution in [0, 0.1) is 6.92 Å². The third-order valence-electron chi connectivity index (χ3n) is 2.58. The van der Waals surface area contributed by atoms with Gasteiger partial charge in [-0.05, 0) is 39.8 Å². The van der Waals surface area contributed by atoms with Crippen molar-refractivity contribution in [2.24, 2.45) is 0 Å². The molecule has 0 unspecified atom stereocenters. The number of nitrogens with one attached hydrogen (secondary N) is 1. The van der Waals surface area contributed by atoms with Gasteiger partial charge in [-0.2, -0.15) is 4.98 Å². The second-order valence-electron chi connectivity index (χ2n) is 5.81. The standard InChI is InChI=1S/C15H21N5O/c1-10-7-18-11(8-17-10)9-19-13-6-5-12(16)14(20-13)21-15(2,3)4/h5-8H,9,16H2,1-4H3,(H,19,20). The molecule has 0 saturated heterocycles. The predicted molar refractivity (Wildman–Crippen MR) is 83.1 cm³/mol. The molecule has 0 aromatic carbocycles. The van der Waals surface area contributed by atoms with Gasteiger partial charge < -0.3 is 15.8 Å². The molecule has 0 aliphatic carbocycles. The Hall–Kier alpha value is -2.37. The maximum atomic E-state index is 5.88. The SMILES string of the molecule is Cc1cnc(CNc2ccc(N)c(OC(C)(C)C)n2)cn1. The lowest BCUT2D eigenvalue weighted by Gasteiger charge is -2.21. The molecule has 0 aliphatic rings. The van der Waals surface area contributed by atoms with E-state index in [1.165, 1.54) is 0 Å². The lowest BCUT2D eigenvalue weighted by atomic mass is 10.2. The van der Waals surface area contributed by atoms with E-state index < -0.39 is 0 Å². The van der Waals surface area contributed by atoms with Gasteiger partial charge in [-0.3, -0.25) is 9.97 Å². The summed E-state index contributed by atoms with van der Waals surface area (Å²) in [6.07, 6.45) is 3.48. The van der Waals surface area contributed by atoms with E-state index in [1.54, 1.807) is 18.5 Å². The van der Waals surface area contributed by atoms with Gasteiger partial charge in [0.05, 0.1) is 29.8 Å². The Kier molecular flexibility index (Phi) is 4.26. The number of pyridine rings is 1. The van der Waals surface area contributed by atoms with Crippen molar-refractivity contribution in [2.45, 2.75) is 39.8 Å². The average Bonchev–Trinajstić information content (AvgIpc) is 2.40. The zero-order valence-electron chi connectivity index (χ0n) is 12.8. The molecular formula is C15H21N5O. The highest BCUT2D eigenvalue weighted by atomic mass is 16.5. The molecule has 0 fully saturated rings. The van der Waals surface area contributed by atoms with Crippen LogP contribution in [0.3, 0.4) is 0 Å². The summed E-state index contributed by atoms with van der Waals surface area (Å²) in [5.41, 5.74) is 7.80. The number of nitrogens with two attached hydrogens (primary N) is 1. The third kappa shape index (κ3) is 4.59. The van der Waals surface area contributed by atoms with E-state index in [2.05, 4.69) is 20.3 Å². The Morgan fingerprint density at radius 3 is 2.57 bits per heavy atom. The summed E-state index contributed by atoms with van der Waals surface area (Å²) in [7, 11) is 0. The summed E-state index contributed by atoms with van der Waals surface area (Å²) in [6.45, 7) is 8.31. The zero-order valence-corrected chi connectivity index (χ0v) is 12.8. The Balaban J connectivity index is 2.06. The highest BCUT2D eigenvalue weighted by molar-refractivity contribution is 5.53. The molecule has 2 aromatic heterocycles. The number of hydrogen-bond acceptors (Lipinski definition) is 6. The van der Waals surface area contributed by atoms with E-state index in [0.29, 0.717) is 23.9 Å². The van der Waals surface area contributed by atoms with Crippen molar-refractivity contribution in [1.29, 1.82) is 0 Å². The monoisotopic (exact) mass is 287 g/mol. The number of ether oxygens (including phenoxy) is 1. The smallest absolute Gasteiger partial charge is 0.239 e. The van der Waals surface area contributed by atoms with Crippen molar-refractivity contribution < 1.29 is 4.74 Å². The molecule has 2 aromatic rings. The molecule has 21 heavy (non-hydrogen) atoms. The number of aryl methyl sites for hydroxylation is 1. The Morgan fingerprint density at radius 1 is 1.19 bits per heavy atom. The summed E-state index contributed by atoms with van der Waals surface area (Å²) < 4.78 is 5.74. The van der Waals surface area contributed by atoms with Gasteiger partial charge in [0.15, 0.2) is 0 Å². The fraction of sp³-hybridized carbons (Fsp3) is 0.400. The van der Waals surface area contributed by atoms with Crippen molar-refractivity contribution in [2.75, 3.05) is 11.1 Å². The second-order valence-corrected chi connectivity index (χ2v) is 5.81. The highest BCUT2D eigenvalue weighted by Gasteiger charge is 2.15. The van der Waals surface area contributed by atoms with E-state index >= 15 is 0 Å². The van der Waals surface area contributed by atoms with Gasteiger partial charge in [0.1, 0.15) is 11.4 Å². The van der Waals surface area contributed by atoms with Crippen molar-refractivity contribution in [3.05, 3.63) is 35.9 Å². The number of hydrogen-bond donors (Lipinski definition) is 2. The van der Waals surface area contributed by atoms with Crippen molar-refractivity contribution in [1.82, 2.24) is 15.0 Å². The van der Waals surface area contributed by atoms with Crippen molar-refractivity contribution in [3.8, 4) is 5.88 Å². The molecule has 0 bridgehead atoms. The summed E-state index contributed by atoms with van der Waals surface area (Å²) in [4.78, 5) is 12.9. The van der Waals surface area contributed by atoms with Crippen molar-refractivity contribution in [3.63, 3.8) is 0 Å². The van der Waals surface area contributed by atoms with Crippen LogP contribution < -0.4 is 15.8 Å². The Bertz CT molecular complexity index is 604. The first kappa shape index (κ1) is 15.0. The molecule has 2 rings (SSSR count). The lowest BCUT2D eigenvalue weighted by Crippen LogP contribution is -2.24. The van der Waals surface area contributed by atoms with Crippen LogP contribution in [0.15, 0.2) is 24.5 Å². The summed E-state index contributed by atoms with van der Waals surface area (Å²) in [5.74, 6) is 1.12. The molecule has 0 saturated carbocycles. The first-order valence-corrected chi connectivity index (χ1v) is 6.80. The average molecular weight is 287 g/mol. The number of rotatable bonds is 4. The molecule has 0 atom stereocenters. The van der Waals surface area contributed by atoms with Crippen molar-refractivity contribution >= 4 is 11.5 Å². The Morgan fingerprint density at radius 2 is 1.95 bits per heavy atom. The van der Waals surface area contributed by atoms with Gasteiger partial charge in [0.2, 0.25) is 5.88 Å². The maximum Gasteiger partial charge on any atom is 0.239 e. The lowest BCUT2D eigenvalue weighted by molar-refractivity contribution is 0.125. The van der Waals surface area contributed by atoms with Crippen LogP contribution in [-0.4, -0.2) is 20.6 Å². The fourth-order valence-corrected chi connectivity index (χ4v) is 1.61. The van der Waals surface area contributed by atoms with Gasteiger partial charge in [0.25, 0.3) is 0 Å². The zero-order chi connectivity index (χ0) is 15.5. The van der Waals surface area contributed by atoms with Crippen LogP contribution in [0.4, 0.5) is 11.5 Å². The Labute approximate surface area is 124 Å². The fourth-order valence-electron chi connectivity index (χ4n) is 1.61. The van der Waals surface area contributed by atoms with Crippen LogP contribution in [0.2, 0.25) is 0 Å². The molecule has 6 heteroatoms. The summed E-state index contributed by atoms with van der Waals surface area (Å²) >= 11 is 0. The minimum Gasteiger partial charge on any atom is -0.470 e.